The van der Waals surface area contributed by atoms with Crippen molar-refractivity contribution in [1.82, 2.24) is 10.6 Å². The summed E-state index contributed by atoms with van der Waals surface area (Å²) in [5.74, 6) is -1.18. The minimum Gasteiger partial charge on any atom is -0.465 e. The van der Waals surface area contributed by atoms with Crippen LogP contribution in [0, 0.1) is 5.41 Å². The van der Waals surface area contributed by atoms with Crippen molar-refractivity contribution in [1.29, 1.82) is 0 Å². The van der Waals surface area contributed by atoms with E-state index < -0.39 is 30.2 Å². The Morgan fingerprint density at radius 2 is 2.08 bits per heavy atom. The molecule has 0 saturated carbocycles. The number of hydrogen-bond donors (Lipinski definition) is 3. The summed E-state index contributed by atoms with van der Waals surface area (Å²) in [6, 6.07) is 0. The van der Waals surface area contributed by atoms with E-state index in [9.17, 15) is 23.8 Å². The number of amides is 2. The maximum absolute atomic E-state index is 12.4. The standard InChI is InChI=1S/C14H25N2O7PS/c1-4-11(18)22-9-14(2,3)12-13(19)16-6-5-10(17)15-7-8-25-24(20,21)23-12/h12H,4-9H2,1-3H3,(H,15,17)(H,16,19)(H,20,21)/t12-/m0/s1. The zero-order valence-corrected chi connectivity index (χ0v) is 16.3. The maximum atomic E-state index is 12.4. The monoisotopic (exact) mass is 396 g/mol. The number of esters is 1. The molecule has 0 aliphatic carbocycles. The minimum atomic E-state index is -4.14. The van der Waals surface area contributed by atoms with E-state index >= 15 is 0 Å². The molecule has 0 radical (unpaired) electrons. The van der Waals surface area contributed by atoms with Crippen LogP contribution in [0.2, 0.25) is 0 Å². The number of carbonyl (C=O) groups excluding carboxylic acids is 3. The molecule has 3 N–H and O–H groups in total. The fourth-order valence-corrected chi connectivity index (χ4v) is 4.52. The lowest BCUT2D eigenvalue weighted by molar-refractivity contribution is -0.152. The zero-order valence-electron chi connectivity index (χ0n) is 14.6. The number of rotatable bonds is 4. The number of ether oxygens (including phenoxy) is 1. The lowest BCUT2D eigenvalue weighted by Gasteiger charge is -2.33. The van der Waals surface area contributed by atoms with Crippen molar-refractivity contribution < 1.29 is 33.1 Å². The van der Waals surface area contributed by atoms with Crippen LogP contribution in [0.3, 0.4) is 0 Å². The van der Waals surface area contributed by atoms with Gasteiger partial charge < -0.3 is 20.3 Å². The second kappa shape index (κ2) is 9.56. The van der Waals surface area contributed by atoms with Crippen molar-refractivity contribution in [3.63, 3.8) is 0 Å². The van der Waals surface area contributed by atoms with Gasteiger partial charge in [-0.3, -0.25) is 18.9 Å². The lowest BCUT2D eigenvalue weighted by atomic mass is 9.87. The van der Waals surface area contributed by atoms with Crippen LogP contribution in [0.5, 0.6) is 0 Å². The van der Waals surface area contributed by atoms with Gasteiger partial charge >= 0.3 is 12.8 Å². The SMILES string of the molecule is CCC(=O)OCC(C)(C)[C@H]1OP(=O)(O)SCCNC(=O)CCNC1=O. The van der Waals surface area contributed by atoms with E-state index in [1.54, 1.807) is 20.8 Å². The molecule has 1 fully saturated rings. The summed E-state index contributed by atoms with van der Waals surface area (Å²) in [6.45, 7) is 0.834. The van der Waals surface area contributed by atoms with Gasteiger partial charge in [0.2, 0.25) is 11.8 Å². The second-order valence-electron chi connectivity index (χ2n) is 6.18. The molecule has 0 aromatic carbocycles. The Labute approximate surface area is 150 Å². The van der Waals surface area contributed by atoms with Crippen LogP contribution < -0.4 is 10.6 Å². The first-order chi connectivity index (χ1) is 11.6. The molecule has 1 heterocycles. The van der Waals surface area contributed by atoms with Crippen LogP contribution in [-0.2, 0) is 28.2 Å². The predicted molar refractivity (Wildman–Crippen MR) is 92.8 cm³/mol. The van der Waals surface area contributed by atoms with Gasteiger partial charge in [-0.15, -0.1) is 0 Å². The molecule has 0 spiro atoms. The molecule has 1 saturated heterocycles. The predicted octanol–water partition coefficient (Wildman–Crippen LogP) is 0.821. The lowest BCUT2D eigenvalue weighted by Crippen LogP contribution is -2.48. The third kappa shape index (κ3) is 7.77. The highest BCUT2D eigenvalue weighted by atomic mass is 32.7. The molecule has 11 heteroatoms. The molecule has 0 aromatic rings. The molecule has 144 valence electrons. The molecule has 9 nitrogen and oxygen atoms in total. The van der Waals surface area contributed by atoms with Gasteiger partial charge in [0.15, 0.2) is 6.10 Å². The second-order valence-corrected chi connectivity index (χ2v) is 10.2. The van der Waals surface area contributed by atoms with Gasteiger partial charge in [-0.25, -0.2) is 4.57 Å². The van der Waals surface area contributed by atoms with E-state index in [2.05, 4.69) is 10.6 Å². The topological polar surface area (TPSA) is 131 Å². The third-order valence-corrected chi connectivity index (χ3v) is 6.39. The fourth-order valence-electron chi connectivity index (χ4n) is 1.99. The van der Waals surface area contributed by atoms with Crippen molar-refractivity contribution in [2.75, 3.05) is 25.4 Å². The normalized spacial score (nSPS) is 26.6. The first-order valence-electron chi connectivity index (χ1n) is 7.93. The smallest absolute Gasteiger partial charge is 0.387 e. The van der Waals surface area contributed by atoms with Crippen molar-refractivity contribution in [3.8, 4) is 0 Å². The van der Waals surface area contributed by atoms with Gasteiger partial charge in [-0.1, -0.05) is 20.8 Å². The van der Waals surface area contributed by atoms with Gasteiger partial charge in [0.25, 0.3) is 0 Å². The highest BCUT2D eigenvalue weighted by Gasteiger charge is 2.42. The van der Waals surface area contributed by atoms with E-state index in [1.807, 2.05) is 0 Å². The highest BCUT2D eigenvalue weighted by molar-refractivity contribution is 8.54. The molecule has 1 aliphatic heterocycles. The quantitative estimate of drug-likeness (QED) is 0.470. The van der Waals surface area contributed by atoms with Crippen molar-refractivity contribution in [3.05, 3.63) is 0 Å². The Balaban J connectivity index is 2.95. The largest absolute Gasteiger partial charge is 0.465 e. The summed E-state index contributed by atoms with van der Waals surface area (Å²) in [6.07, 6.45) is -1.05. The molecular formula is C14H25N2O7PS. The molecule has 1 rings (SSSR count). The first-order valence-corrected chi connectivity index (χ1v) is 11.1. The minimum absolute atomic E-state index is 0.0677. The summed E-state index contributed by atoms with van der Waals surface area (Å²) in [5, 5.41) is 5.10. The van der Waals surface area contributed by atoms with Gasteiger partial charge in [0.05, 0.1) is 6.61 Å². The van der Waals surface area contributed by atoms with Crippen LogP contribution in [0.4, 0.5) is 0 Å². The summed E-state index contributed by atoms with van der Waals surface area (Å²) >= 11 is 0.632. The highest BCUT2D eigenvalue weighted by Crippen LogP contribution is 2.57. The maximum Gasteiger partial charge on any atom is 0.387 e. The molecule has 25 heavy (non-hydrogen) atoms. The number of hydrogen-bond acceptors (Lipinski definition) is 7. The van der Waals surface area contributed by atoms with Crippen LogP contribution in [-0.4, -0.2) is 54.2 Å². The van der Waals surface area contributed by atoms with Gasteiger partial charge in [-0.05, 0) is 11.4 Å². The van der Waals surface area contributed by atoms with Crippen LogP contribution >= 0.6 is 18.2 Å². The van der Waals surface area contributed by atoms with E-state index in [4.69, 9.17) is 9.26 Å². The van der Waals surface area contributed by atoms with E-state index in [-0.39, 0.29) is 44.2 Å². The zero-order chi connectivity index (χ0) is 19.1. The Morgan fingerprint density at radius 1 is 1.40 bits per heavy atom. The average Bonchev–Trinajstić information content (AvgIpc) is 2.53. The number of nitrogens with one attached hydrogen (secondary N) is 2. The summed E-state index contributed by atoms with van der Waals surface area (Å²) in [7, 11) is 0. The van der Waals surface area contributed by atoms with Crippen molar-refractivity contribution in [2.24, 2.45) is 5.41 Å². The molecule has 2 atom stereocenters. The van der Waals surface area contributed by atoms with Crippen LogP contribution in [0.15, 0.2) is 0 Å². The molecule has 1 aliphatic rings. The molecular weight excluding hydrogens is 371 g/mol. The molecule has 1 unspecified atom stereocenters. The summed E-state index contributed by atoms with van der Waals surface area (Å²) in [5.41, 5.74) is -1.04. The summed E-state index contributed by atoms with van der Waals surface area (Å²) in [4.78, 5) is 45.4. The molecule has 0 bridgehead atoms. The summed E-state index contributed by atoms with van der Waals surface area (Å²) < 4.78 is 22.6. The average molecular weight is 396 g/mol. The molecule has 2 amide bonds. The number of carbonyl (C=O) groups is 3. The van der Waals surface area contributed by atoms with Gasteiger partial charge in [0.1, 0.15) is 0 Å². The Bertz CT molecular complexity index is 555. The van der Waals surface area contributed by atoms with Crippen molar-refractivity contribution >= 4 is 36.0 Å². The van der Waals surface area contributed by atoms with E-state index in [0.717, 1.165) is 0 Å². The van der Waals surface area contributed by atoms with Crippen LogP contribution in [0.25, 0.3) is 0 Å². The van der Waals surface area contributed by atoms with E-state index in [1.165, 1.54) is 0 Å². The van der Waals surface area contributed by atoms with E-state index in [0.29, 0.717) is 11.4 Å². The Morgan fingerprint density at radius 3 is 2.72 bits per heavy atom. The Kier molecular flexibility index (Phi) is 8.40. The first kappa shape index (κ1) is 22.0. The third-order valence-electron chi connectivity index (χ3n) is 3.41. The van der Waals surface area contributed by atoms with Crippen molar-refractivity contribution in [2.45, 2.75) is 39.7 Å². The van der Waals surface area contributed by atoms with Crippen LogP contribution in [0.1, 0.15) is 33.6 Å². The molecule has 0 aromatic heterocycles. The Hall–Kier alpha value is -1.09. The fraction of sp³-hybridized carbons (Fsp3) is 0.786. The van der Waals surface area contributed by atoms with Gasteiger partial charge in [-0.2, -0.15) is 0 Å². The van der Waals surface area contributed by atoms with Gasteiger partial charge in [0, 0.05) is 37.1 Å².